The molecule has 0 radical (unpaired) electrons. The molecule has 0 heterocycles. The summed E-state index contributed by atoms with van der Waals surface area (Å²) < 4.78 is 5.23. The Morgan fingerprint density at radius 3 is 2.67 bits per heavy atom. The first-order valence-corrected chi connectivity index (χ1v) is 6.57. The van der Waals surface area contributed by atoms with Gasteiger partial charge >= 0.3 is 0 Å². The van der Waals surface area contributed by atoms with Crippen LogP contribution in [-0.4, -0.2) is 30.4 Å². The van der Waals surface area contributed by atoms with Crippen molar-refractivity contribution in [2.24, 2.45) is 0 Å². The zero-order chi connectivity index (χ0) is 13.4. The second kappa shape index (κ2) is 7.71. The van der Waals surface area contributed by atoms with Crippen molar-refractivity contribution in [2.75, 3.05) is 18.6 Å². The van der Waals surface area contributed by atoms with E-state index in [0.29, 0.717) is 29.9 Å². The molecule has 0 aromatic heterocycles. The molecule has 0 unspecified atom stereocenters. The molecule has 0 aliphatic rings. The van der Waals surface area contributed by atoms with Gasteiger partial charge in [-0.2, -0.15) is 0 Å². The van der Waals surface area contributed by atoms with Gasteiger partial charge in [0.15, 0.2) is 0 Å². The Labute approximate surface area is 114 Å². The largest absolute Gasteiger partial charge is 0.482 e. The molecule has 18 heavy (non-hydrogen) atoms. The lowest BCUT2D eigenvalue weighted by atomic mass is 10.2. The van der Waals surface area contributed by atoms with Crippen molar-refractivity contribution in [3.63, 3.8) is 0 Å². The lowest BCUT2D eigenvalue weighted by molar-refractivity contribution is -0.118. The van der Waals surface area contributed by atoms with Crippen LogP contribution in [0.3, 0.4) is 0 Å². The van der Waals surface area contributed by atoms with E-state index in [1.54, 1.807) is 24.3 Å². The van der Waals surface area contributed by atoms with Crippen LogP contribution in [0.1, 0.15) is 17.3 Å². The number of ether oxygens (including phenoxy) is 1. The number of alkyl halides is 1. The molecule has 1 aromatic rings. The van der Waals surface area contributed by atoms with E-state index in [1.165, 1.54) is 6.92 Å². The average molecular weight is 315 g/mol. The summed E-state index contributed by atoms with van der Waals surface area (Å²) in [5.74, 6) is 0.318. The standard InChI is InChI=1S/C12H15BrN2O3/c1-9(16)14-5-6-15-12(17)10-3-2-4-11(7-10)18-8-13/h2-4,7H,5-6,8H2,1H3,(H,14,16)(H,15,17). The van der Waals surface area contributed by atoms with Gasteiger partial charge in [-0.25, -0.2) is 0 Å². The van der Waals surface area contributed by atoms with Crippen LogP contribution in [0.15, 0.2) is 24.3 Å². The minimum absolute atomic E-state index is 0.114. The summed E-state index contributed by atoms with van der Waals surface area (Å²) in [7, 11) is 0. The maximum absolute atomic E-state index is 11.8. The molecule has 2 N–H and O–H groups in total. The SMILES string of the molecule is CC(=O)NCCNC(=O)c1cccc(OCBr)c1. The van der Waals surface area contributed by atoms with Gasteiger partial charge in [0.25, 0.3) is 5.91 Å². The first kappa shape index (κ1) is 14.5. The highest BCUT2D eigenvalue weighted by Gasteiger charge is 2.05. The highest BCUT2D eigenvalue weighted by atomic mass is 79.9. The van der Waals surface area contributed by atoms with E-state index in [4.69, 9.17) is 4.74 Å². The van der Waals surface area contributed by atoms with Crippen LogP contribution >= 0.6 is 15.9 Å². The highest BCUT2D eigenvalue weighted by molar-refractivity contribution is 9.09. The number of carbonyl (C=O) groups excluding carboxylic acids is 2. The van der Waals surface area contributed by atoms with Gasteiger partial charge < -0.3 is 15.4 Å². The number of hydrogen-bond donors (Lipinski definition) is 2. The summed E-state index contributed by atoms with van der Waals surface area (Å²) in [6.45, 7) is 2.24. The van der Waals surface area contributed by atoms with Gasteiger partial charge in [0.05, 0.1) is 0 Å². The zero-order valence-electron chi connectivity index (χ0n) is 10.0. The van der Waals surface area contributed by atoms with Crippen molar-refractivity contribution in [2.45, 2.75) is 6.92 Å². The van der Waals surface area contributed by atoms with Crippen molar-refractivity contribution in [3.8, 4) is 5.75 Å². The third-order valence-corrected chi connectivity index (χ3v) is 2.33. The van der Waals surface area contributed by atoms with Gasteiger partial charge in [0.2, 0.25) is 5.91 Å². The van der Waals surface area contributed by atoms with E-state index in [9.17, 15) is 9.59 Å². The van der Waals surface area contributed by atoms with Crippen molar-refractivity contribution < 1.29 is 14.3 Å². The maximum atomic E-state index is 11.8. The summed E-state index contributed by atoms with van der Waals surface area (Å²) in [6, 6.07) is 6.89. The van der Waals surface area contributed by atoms with Crippen molar-refractivity contribution >= 4 is 27.7 Å². The first-order valence-electron chi connectivity index (χ1n) is 5.45. The van der Waals surface area contributed by atoms with Gasteiger partial charge in [0.1, 0.15) is 11.3 Å². The molecule has 0 fully saturated rings. The molecule has 5 nitrogen and oxygen atoms in total. The third kappa shape index (κ3) is 5.18. The molecule has 6 heteroatoms. The fourth-order valence-corrected chi connectivity index (χ4v) is 1.57. The van der Waals surface area contributed by atoms with Crippen LogP contribution in [-0.2, 0) is 4.79 Å². The van der Waals surface area contributed by atoms with Crippen LogP contribution in [0.5, 0.6) is 5.75 Å². The fraction of sp³-hybridized carbons (Fsp3) is 0.333. The normalized spacial score (nSPS) is 9.67. The maximum Gasteiger partial charge on any atom is 0.251 e. The van der Waals surface area contributed by atoms with Crippen molar-refractivity contribution in [3.05, 3.63) is 29.8 Å². The minimum atomic E-state index is -0.194. The molecule has 0 saturated carbocycles. The van der Waals surface area contributed by atoms with Gasteiger partial charge in [-0.05, 0) is 34.1 Å². The number of benzene rings is 1. The molecule has 0 aliphatic heterocycles. The number of halogens is 1. The Balaban J connectivity index is 2.45. The fourth-order valence-electron chi connectivity index (χ4n) is 1.31. The van der Waals surface area contributed by atoms with E-state index in [0.717, 1.165) is 0 Å². The van der Waals surface area contributed by atoms with E-state index in [-0.39, 0.29) is 11.8 Å². The molecule has 0 aliphatic carbocycles. The molecule has 98 valence electrons. The van der Waals surface area contributed by atoms with E-state index < -0.39 is 0 Å². The molecule has 1 aromatic carbocycles. The van der Waals surface area contributed by atoms with E-state index in [1.807, 2.05) is 0 Å². The molecular formula is C12H15BrN2O3. The molecular weight excluding hydrogens is 300 g/mol. The Morgan fingerprint density at radius 2 is 2.00 bits per heavy atom. The summed E-state index contributed by atoms with van der Waals surface area (Å²) in [6.07, 6.45) is 0. The van der Waals surface area contributed by atoms with Gasteiger partial charge in [-0.1, -0.05) is 6.07 Å². The van der Waals surface area contributed by atoms with E-state index >= 15 is 0 Å². The third-order valence-electron chi connectivity index (χ3n) is 2.10. The highest BCUT2D eigenvalue weighted by Crippen LogP contribution is 2.13. The Bertz CT molecular complexity index is 424. The number of carbonyl (C=O) groups is 2. The molecule has 2 amide bonds. The Kier molecular flexibility index (Phi) is 6.21. The number of hydrogen-bond acceptors (Lipinski definition) is 3. The number of amides is 2. The second-order valence-corrected chi connectivity index (χ2v) is 3.98. The zero-order valence-corrected chi connectivity index (χ0v) is 11.6. The van der Waals surface area contributed by atoms with Gasteiger partial charge in [0, 0.05) is 25.6 Å². The number of nitrogens with one attached hydrogen (secondary N) is 2. The first-order chi connectivity index (χ1) is 8.63. The summed E-state index contributed by atoms with van der Waals surface area (Å²) in [5.41, 5.74) is 0.900. The lowest BCUT2D eigenvalue weighted by Crippen LogP contribution is -2.33. The average Bonchev–Trinajstić information content (AvgIpc) is 2.35. The Morgan fingerprint density at radius 1 is 1.28 bits per heavy atom. The summed E-state index contributed by atoms with van der Waals surface area (Å²) in [4.78, 5) is 22.4. The van der Waals surface area contributed by atoms with E-state index in [2.05, 4.69) is 26.6 Å². The second-order valence-electron chi connectivity index (χ2n) is 3.52. The topological polar surface area (TPSA) is 67.4 Å². The molecule has 0 bridgehead atoms. The van der Waals surface area contributed by atoms with Crippen LogP contribution in [0.4, 0.5) is 0 Å². The van der Waals surface area contributed by atoms with Gasteiger partial charge in [-0.3, -0.25) is 9.59 Å². The predicted molar refractivity (Wildman–Crippen MR) is 71.9 cm³/mol. The minimum Gasteiger partial charge on any atom is -0.482 e. The molecule has 0 saturated heterocycles. The lowest BCUT2D eigenvalue weighted by Gasteiger charge is -2.07. The molecule has 0 atom stereocenters. The van der Waals surface area contributed by atoms with Crippen LogP contribution in [0, 0.1) is 0 Å². The quantitative estimate of drug-likeness (QED) is 0.614. The predicted octanol–water partition coefficient (Wildman–Crippen LogP) is 1.28. The summed E-state index contributed by atoms with van der Waals surface area (Å²) >= 11 is 3.15. The van der Waals surface area contributed by atoms with Gasteiger partial charge in [-0.15, -0.1) is 0 Å². The van der Waals surface area contributed by atoms with Crippen LogP contribution in [0.25, 0.3) is 0 Å². The van der Waals surface area contributed by atoms with Crippen molar-refractivity contribution in [1.82, 2.24) is 10.6 Å². The smallest absolute Gasteiger partial charge is 0.251 e. The number of rotatable bonds is 6. The molecule has 1 rings (SSSR count). The monoisotopic (exact) mass is 314 g/mol. The Hall–Kier alpha value is -1.56. The van der Waals surface area contributed by atoms with Crippen molar-refractivity contribution in [1.29, 1.82) is 0 Å². The van der Waals surface area contributed by atoms with Crippen LogP contribution < -0.4 is 15.4 Å². The molecule has 0 spiro atoms. The summed E-state index contributed by atoms with van der Waals surface area (Å²) in [5, 5.41) is 5.30. The van der Waals surface area contributed by atoms with Crippen LogP contribution in [0.2, 0.25) is 0 Å².